The zero-order valence-corrected chi connectivity index (χ0v) is 12.0. The van der Waals surface area contributed by atoms with Gasteiger partial charge < -0.3 is 5.32 Å². The highest BCUT2D eigenvalue weighted by Gasteiger charge is 2.22. The molecule has 3 heteroatoms. The summed E-state index contributed by atoms with van der Waals surface area (Å²) in [6.45, 7) is 6.72. The van der Waals surface area contributed by atoms with Gasteiger partial charge in [0.05, 0.1) is 11.2 Å². The van der Waals surface area contributed by atoms with E-state index in [-0.39, 0.29) is 0 Å². The molecule has 2 atom stereocenters. The molecular weight excluding hydrogens is 228 g/mol. The van der Waals surface area contributed by atoms with E-state index in [0.717, 1.165) is 5.92 Å². The van der Waals surface area contributed by atoms with Crippen LogP contribution >= 0.6 is 11.3 Å². The summed E-state index contributed by atoms with van der Waals surface area (Å²) in [7, 11) is 0. The predicted octanol–water partition coefficient (Wildman–Crippen LogP) is 4.07. The molecule has 1 saturated carbocycles. The Kier molecular flexibility index (Phi) is 4.57. The first kappa shape index (κ1) is 13.0. The van der Waals surface area contributed by atoms with Crippen LogP contribution in [0.25, 0.3) is 0 Å². The van der Waals surface area contributed by atoms with Gasteiger partial charge in [-0.3, -0.25) is 0 Å². The monoisotopic (exact) mass is 252 g/mol. The zero-order valence-electron chi connectivity index (χ0n) is 11.2. The van der Waals surface area contributed by atoms with Crippen LogP contribution in [0.1, 0.15) is 62.6 Å². The lowest BCUT2D eigenvalue weighted by atomic mass is 9.84. The maximum absolute atomic E-state index is 4.34. The molecule has 2 nitrogen and oxygen atoms in total. The number of thiazole rings is 1. The average Bonchev–Trinajstić information content (AvgIpc) is 2.76. The van der Waals surface area contributed by atoms with Gasteiger partial charge in [-0.1, -0.05) is 19.3 Å². The van der Waals surface area contributed by atoms with Gasteiger partial charge in [0.15, 0.2) is 0 Å². The highest BCUT2D eigenvalue weighted by molar-refractivity contribution is 7.09. The van der Waals surface area contributed by atoms with Gasteiger partial charge in [-0.2, -0.15) is 0 Å². The predicted molar refractivity (Wildman–Crippen MR) is 74.4 cm³/mol. The van der Waals surface area contributed by atoms with Gasteiger partial charge >= 0.3 is 0 Å². The summed E-state index contributed by atoms with van der Waals surface area (Å²) in [4.78, 5) is 5.73. The Hall–Kier alpha value is -0.410. The van der Waals surface area contributed by atoms with Crippen LogP contribution in [0.3, 0.4) is 0 Å². The third kappa shape index (κ3) is 3.29. The molecule has 2 rings (SSSR count). The zero-order chi connectivity index (χ0) is 12.3. The van der Waals surface area contributed by atoms with Gasteiger partial charge in [-0.15, -0.1) is 11.3 Å². The molecule has 0 amide bonds. The minimum atomic E-state index is 0.444. The minimum Gasteiger partial charge on any atom is -0.307 e. The summed E-state index contributed by atoms with van der Waals surface area (Å²) >= 11 is 1.77. The SMILES string of the molecule is Cc1ncsc1C(C)N[C@H](C)C1CCCCC1. The van der Waals surface area contributed by atoms with E-state index >= 15 is 0 Å². The summed E-state index contributed by atoms with van der Waals surface area (Å²) < 4.78 is 0. The van der Waals surface area contributed by atoms with E-state index in [2.05, 4.69) is 31.1 Å². The first-order valence-electron chi connectivity index (χ1n) is 6.84. The van der Waals surface area contributed by atoms with E-state index in [4.69, 9.17) is 0 Å². The second kappa shape index (κ2) is 5.96. The van der Waals surface area contributed by atoms with E-state index in [0.29, 0.717) is 12.1 Å². The van der Waals surface area contributed by atoms with E-state index in [1.165, 1.54) is 42.7 Å². The van der Waals surface area contributed by atoms with E-state index in [9.17, 15) is 0 Å². The molecule has 0 aliphatic heterocycles. The fourth-order valence-corrected chi connectivity index (χ4v) is 3.79. The van der Waals surface area contributed by atoms with Crippen LogP contribution in [0.4, 0.5) is 0 Å². The summed E-state index contributed by atoms with van der Waals surface area (Å²) in [6.07, 6.45) is 7.09. The van der Waals surface area contributed by atoms with Crippen LogP contribution in [0.2, 0.25) is 0 Å². The summed E-state index contributed by atoms with van der Waals surface area (Å²) in [5.74, 6) is 0.874. The Morgan fingerprint density at radius 1 is 1.29 bits per heavy atom. The smallest absolute Gasteiger partial charge is 0.0798 e. The number of rotatable bonds is 4. The molecule has 1 aromatic rings. The molecule has 1 heterocycles. The van der Waals surface area contributed by atoms with Gasteiger partial charge in [0, 0.05) is 17.0 Å². The van der Waals surface area contributed by atoms with Crippen molar-refractivity contribution in [1.29, 1.82) is 0 Å². The molecule has 0 spiro atoms. The molecule has 0 bridgehead atoms. The van der Waals surface area contributed by atoms with Crippen molar-refractivity contribution in [2.24, 2.45) is 5.92 Å². The lowest BCUT2D eigenvalue weighted by Crippen LogP contribution is -2.36. The molecule has 96 valence electrons. The largest absolute Gasteiger partial charge is 0.307 e. The topological polar surface area (TPSA) is 24.9 Å². The number of hydrogen-bond acceptors (Lipinski definition) is 3. The molecule has 17 heavy (non-hydrogen) atoms. The molecule has 1 fully saturated rings. The molecule has 1 aromatic heterocycles. The lowest BCUT2D eigenvalue weighted by Gasteiger charge is -2.30. The second-order valence-corrected chi connectivity index (χ2v) is 6.26. The number of aromatic nitrogens is 1. The van der Waals surface area contributed by atoms with Gasteiger partial charge in [-0.25, -0.2) is 4.98 Å². The van der Waals surface area contributed by atoms with Gasteiger partial charge in [-0.05, 0) is 39.5 Å². The lowest BCUT2D eigenvalue weighted by molar-refractivity contribution is 0.269. The van der Waals surface area contributed by atoms with E-state index < -0.39 is 0 Å². The van der Waals surface area contributed by atoms with Crippen molar-refractivity contribution in [2.45, 2.75) is 65.0 Å². The first-order chi connectivity index (χ1) is 8.18. The van der Waals surface area contributed by atoms with Crippen molar-refractivity contribution in [3.8, 4) is 0 Å². The maximum atomic E-state index is 4.34. The van der Waals surface area contributed by atoms with Crippen molar-refractivity contribution in [3.05, 3.63) is 16.1 Å². The van der Waals surface area contributed by atoms with Crippen molar-refractivity contribution in [1.82, 2.24) is 10.3 Å². The fourth-order valence-electron chi connectivity index (χ4n) is 2.97. The van der Waals surface area contributed by atoms with Gasteiger partial charge in [0.2, 0.25) is 0 Å². The van der Waals surface area contributed by atoms with Gasteiger partial charge in [0.1, 0.15) is 0 Å². The van der Waals surface area contributed by atoms with Crippen LogP contribution in [0.15, 0.2) is 5.51 Å². The van der Waals surface area contributed by atoms with Crippen LogP contribution in [0, 0.1) is 12.8 Å². The van der Waals surface area contributed by atoms with Crippen molar-refractivity contribution in [2.75, 3.05) is 0 Å². The number of nitrogens with zero attached hydrogens (tertiary/aromatic N) is 1. The fraction of sp³-hybridized carbons (Fsp3) is 0.786. The number of aryl methyl sites for hydroxylation is 1. The molecule has 0 aromatic carbocycles. The van der Waals surface area contributed by atoms with E-state index in [1.54, 1.807) is 11.3 Å². The Labute approximate surface area is 109 Å². The Morgan fingerprint density at radius 2 is 2.00 bits per heavy atom. The van der Waals surface area contributed by atoms with Crippen LogP contribution in [-0.4, -0.2) is 11.0 Å². The third-order valence-corrected chi connectivity index (χ3v) is 5.16. The summed E-state index contributed by atoms with van der Waals surface area (Å²) in [5.41, 5.74) is 3.14. The Morgan fingerprint density at radius 3 is 2.59 bits per heavy atom. The number of nitrogens with one attached hydrogen (secondary N) is 1. The quantitative estimate of drug-likeness (QED) is 0.873. The van der Waals surface area contributed by atoms with Crippen molar-refractivity contribution in [3.63, 3.8) is 0 Å². The molecule has 0 saturated heterocycles. The Bertz CT molecular complexity index is 342. The summed E-state index contributed by atoms with van der Waals surface area (Å²) in [6, 6.07) is 1.08. The second-order valence-electron chi connectivity index (χ2n) is 5.38. The van der Waals surface area contributed by atoms with Gasteiger partial charge in [0.25, 0.3) is 0 Å². The standard InChI is InChI=1S/C14H24N2S/c1-10(13-7-5-4-6-8-13)16-12(3)14-11(2)15-9-17-14/h9-10,12-13,16H,4-8H2,1-3H3/t10-,12?/m1/s1. The summed E-state index contributed by atoms with van der Waals surface area (Å²) in [5, 5.41) is 3.76. The highest BCUT2D eigenvalue weighted by atomic mass is 32.1. The van der Waals surface area contributed by atoms with Crippen LogP contribution in [-0.2, 0) is 0 Å². The van der Waals surface area contributed by atoms with Crippen LogP contribution in [0.5, 0.6) is 0 Å². The molecule has 1 N–H and O–H groups in total. The minimum absolute atomic E-state index is 0.444. The number of hydrogen-bond donors (Lipinski definition) is 1. The average molecular weight is 252 g/mol. The maximum Gasteiger partial charge on any atom is 0.0798 e. The van der Waals surface area contributed by atoms with Crippen molar-refractivity contribution < 1.29 is 0 Å². The first-order valence-corrected chi connectivity index (χ1v) is 7.72. The Balaban J connectivity index is 1.89. The molecular formula is C14H24N2S. The highest BCUT2D eigenvalue weighted by Crippen LogP contribution is 2.28. The molecule has 1 aliphatic rings. The van der Waals surface area contributed by atoms with Crippen molar-refractivity contribution >= 4 is 11.3 Å². The molecule has 0 radical (unpaired) electrons. The molecule has 1 unspecified atom stereocenters. The normalized spacial score (nSPS) is 21.4. The van der Waals surface area contributed by atoms with E-state index in [1.807, 2.05) is 5.51 Å². The third-order valence-electron chi connectivity index (χ3n) is 4.05. The van der Waals surface area contributed by atoms with Crippen LogP contribution < -0.4 is 5.32 Å². The molecule has 1 aliphatic carbocycles.